The van der Waals surface area contributed by atoms with Gasteiger partial charge >= 0.3 is 0 Å². The van der Waals surface area contributed by atoms with Gasteiger partial charge in [-0.25, -0.2) is 0 Å². The number of allylic oxidation sites excluding steroid dienone is 1. The Morgan fingerprint density at radius 2 is 2.08 bits per heavy atom. The van der Waals surface area contributed by atoms with Crippen LogP contribution < -0.4 is 4.90 Å². The second kappa shape index (κ2) is 2.91. The van der Waals surface area contributed by atoms with Crippen LogP contribution in [0.1, 0.15) is 17.5 Å². The Labute approximate surface area is 79.7 Å². The van der Waals surface area contributed by atoms with E-state index in [1.165, 1.54) is 22.5 Å². The summed E-state index contributed by atoms with van der Waals surface area (Å²) in [6, 6.07) is 6.63. The van der Waals surface area contributed by atoms with Crippen LogP contribution in [-0.2, 0) is 6.42 Å². The first-order chi connectivity index (χ1) is 6.18. The molecule has 0 fully saturated rings. The minimum Gasteiger partial charge on any atom is -0.349 e. The van der Waals surface area contributed by atoms with E-state index in [9.17, 15) is 0 Å². The van der Waals surface area contributed by atoms with Gasteiger partial charge in [-0.3, -0.25) is 0 Å². The first kappa shape index (κ1) is 8.36. The van der Waals surface area contributed by atoms with E-state index >= 15 is 0 Å². The van der Waals surface area contributed by atoms with Gasteiger partial charge in [0, 0.05) is 18.4 Å². The van der Waals surface area contributed by atoms with Crippen LogP contribution in [0.2, 0.25) is 0 Å². The average molecular weight is 173 g/mol. The standard InChI is InChI=1S/C12H15N/c1-9-4-7-12-11(8-9)6-5-10(2)13(12)3/h4,7-8H,2,5-6H2,1,3H3. The van der Waals surface area contributed by atoms with Gasteiger partial charge < -0.3 is 4.90 Å². The van der Waals surface area contributed by atoms with Crippen molar-refractivity contribution < 1.29 is 0 Å². The van der Waals surface area contributed by atoms with E-state index in [1.54, 1.807) is 0 Å². The molecule has 0 atom stereocenters. The average Bonchev–Trinajstić information content (AvgIpc) is 2.12. The van der Waals surface area contributed by atoms with Crippen LogP contribution in [0.4, 0.5) is 5.69 Å². The number of hydrogen-bond acceptors (Lipinski definition) is 1. The van der Waals surface area contributed by atoms with Crippen LogP contribution in [0, 0.1) is 6.92 Å². The topological polar surface area (TPSA) is 3.24 Å². The molecule has 0 aromatic heterocycles. The van der Waals surface area contributed by atoms with Crippen molar-refractivity contribution in [1.29, 1.82) is 0 Å². The van der Waals surface area contributed by atoms with Crippen molar-refractivity contribution in [3.8, 4) is 0 Å². The van der Waals surface area contributed by atoms with Crippen molar-refractivity contribution in [2.24, 2.45) is 0 Å². The zero-order valence-electron chi connectivity index (χ0n) is 8.30. The predicted molar refractivity (Wildman–Crippen MR) is 57.0 cm³/mol. The lowest BCUT2D eigenvalue weighted by atomic mass is 9.98. The number of anilines is 1. The van der Waals surface area contributed by atoms with Crippen LogP contribution in [-0.4, -0.2) is 7.05 Å². The molecule has 1 nitrogen and oxygen atoms in total. The van der Waals surface area contributed by atoms with Crippen molar-refractivity contribution in [1.82, 2.24) is 0 Å². The summed E-state index contributed by atoms with van der Waals surface area (Å²) in [7, 11) is 2.09. The number of rotatable bonds is 0. The molecule has 1 aromatic rings. The summed E-state index contributed by atoms with van der Waals surface area (Å²) < 4.78 is 0. The molecule has 0 spiro atoms. The third-order valence-corrected chi connectivity index (χ3v) is 2.75. The SMILES string of the molecule is C=C1CCc2cc(C)ccc2N1C. The highest BCUT2D eigenvalue weighted by atomic mass is 15.1. The third kappa shape index (κ3) is 1.35. The largest absolute Gasteiger partial charge is 0.349 e. The van der Waals surface area contributed by atoms with Gasteiger partial charge in [0.15, 0.2) is 0 Å². The highest BCUT2D eigenvalue weighted by Gasteiger charge is 2.15. The maximum Gasteiger partial charge on any atom is 0.0438 e. The fourth-order valence-electron chi connectivity index (χ4n) is 1.86. The fourth-order valence-corrected chi connectivity index (χ4v) is 1.86. The van der Waals surface area contributed by atoms with E-state index in [0.29, 0.717) is 0 Å². The number of nitrogens with zero attached hydrogens (tertiary/aromatic N) is 1. The Morgan fingerprint density at radius 3 is 2.85 bits per heavy atom. The Balaban J connectivity index is 2.49. The van der Waals surface area contributed by atoms with Gasteiger partial charge in [0.25, 0.3) is 0 Å². The Morgan fingerprint density at radius 1 is 1.31 bits per heavy atom. The van der Waals surface area contributed by atoms with Gasteiger partial charge in [-0.2, -0.15) is 0 Å². The molecule has 0 radical (unpaired) electrons. The van der Waals surface area contributed by atoms with Crippen LogP contribution in [0.3, 0.4) is 0 Å². The van der Waals surface area contributed by atoms with Crippen molar-refractivity contribution >= 4 is 5.69 Å². The van der Waals surface area contributed by atoms with E-state index in [0.717, 1.165) is 12.8 Å². The fraction of sp³-hybridized carbons (Fsp3) is 0.333. The molecule has 0 saturated carbocycles. The highest BCUT2D eigenvalue weighted by molar-refractivity contribution is 5.60. The van der Waals surface area contributed by atoms with Gasteiger partial charge in [-0.1, -0.05) is 24.3 Å². The first-order valence-electron chi connectivity index (χ1n) is 4.69. The Bertz CT molecular complexity index is 352. The molecule has 0 amide bonds. The Hall–Kier alpha value is -1.24. The van der Waals surface area contributed by atoms with Gasteiger partial charge in [0.2, 0.25) is 0 Å². The molecule has 0 aliphatic carbocycles. The van der Waals surface area contributed by atoms with Crippen molar-refractivity contribution in [3.05, 3.63) is 41.6 Å². The molecule has 2 rings (SSSR count). The van der Waals surface area contributed by atoms with Crippen LogP contribution in [0.5, 0.6) is 0 Å². The molecule has 0 saturated heterocycles. The molecule has 1 aliphatic heterocycles. The molecular formula is C12H15N. The summed E-state index contributed by atoms with van der Waals surface area (Å²) in [5, 5.41) is 0. The van der Waals surface area contributed by atoms with Gasteiger partial charge in [0.1, 0.15) is 0 Å². The second-order valence-electron chi connectivity index (χ2n) is 3.76. The minimum atomic E-state index is 1.09. The zero-order chi connectivity index (χ0) is 9.42. The van der Waals surface area contributed by atoms with Crippen molar-refractivity contribution in [2.75, 3.05) is 11.9 Å². The summed E-state index contributed by atoms with van der Waals surface area (Å²) in [6.07, 6.45) is 2.23. The molecule has 68 valence electrons. The second-order valence-corrected chi connectivity index (χ2v) is 3.76. The lowest BCUT2D eigenvalue weighted by Crippen LogP contribution is -2.21. The molecule has 0 bridgehead atoms. The number of benzene rings is 1. The summed E-state index contributed by atoms with van der Waals surface area (Å²) in [4.78, 5) is 2.19. The predicted octanol–water partition coefficient (Wildman–Crippen LogP) is 2.89. The van der Waals surface area contributed by atoms with Gasteiger partial charge in [-0.05, 0) is 31.4 Å². The van der Waals surface area contributed by atoms with E-state index in [4.69, 9.17) is 0 Å². The summed E-state index contributed by atoms with van der Waals surface area (Å²) >= 11 is 0. The smallest absolute Gasteiger partial charge is 0.0438 e. The normalized spacial score (nSPS) is 15.8. The minimum absolute atomic E-state index is 1.09. The monoisotopic (exact) mass is 173 g/mol. The van der Waals surface area contributed by atoms with Crippen LogP contribution >= 0.6 is 0 Å². The lowest BCUT2D eigenvalue weighted by molar-refractivity contribution is 0.842. The quantitative estimate of drug-likeness (QED) is 0.583. The summed E-state index contributed by atoms with van der Waals surface area (Å²) in [5.41, 5.74) is 5.34. The third-order valence-electron chi connectivity index (χ3n) is 2.75. The van der Waals surface area contributed by atoms with Crippen molar-refractivity contribution in [3.63, 3.8) is 0 Å². The van der Waals surface area contributed by atoms with E-state index in [2.05, 4.69) is 43.6 Å². The molecule has 0 N–H and O–H groups in total. The maximum atomic E-state index is 4.04. The lowest BCUT2D eigenvalue weighted by Gasteiger charge is -2.29. The number of fused-ring (bicyclic) bond motifs is 1. The molecule has 13 heavy (non-hydrogen) atoms. The van der Waals surface area contributed by atoms with E-state index < -0.39 is 0 Å². The molecular weight excluding hydrogens is 158 g/mol. The summed E-state index contributed by atoms with van der Waals surface area (Å²) in [5.74, 6) is 0. The van der Waals surface area contributed by atoms with Crippen molar-refractivity contribution in [2.45, 2.75) is 19.8 Å². The molecule has 1 aromatic carbocycles. The molecule has 0 unspecified atom stereocenters. The molecule has 1 heteroatoms. The number of hydrogen-bond donors (Lipinski definition) is 0. The van der Waals surface area contributed by atoms with Gasteiger partial charge in [-0.15, -0.1) is 0 Å². The van der Waals surface area contributed by atoms with Gasteiger partial charge in [0.05, 0.1) is 0 Å². The highest BCUT2D eigenvalue weighted by Crippen LogP contribution is 2.30. The summed E-state index contributed by atoms with van der Waals surface area (Å²) in [6.45, 7) is 6.18. The number of aryl methyl sites for hydroxylation is 2. The zero-order valence-corrected chi connectivity index (χ0v) is 8.30. The molecule has 1 heterocycles. The first-order valence-corrected chi connectivity index (χ1v) is 4.69. The molecule has 1 aliphatic rings. The van der Waals surface area contributed by atoms with E-state index in [1.807, 2.05) is 0 Å². The van der Waals surface area contributed by atoms with Crippen LogP contribution in [0.25, 0.3) is 0 Å². The Kier molecular flexibility index (Phi) is 1.87. The van der Waals surface area contributed by atoms with E-state index in [-0.39, 0.29) is 0 Å². The van der Waals surface area contributed by atoms with Crippen LogP contribution in [0.15, 0.2) is 30.5 Å². The maximum absolute atomic E-state index is 4.04.